The molecule has 0 atom stereocenters. The molecule has 0 bridgehead atoms. The minimum atomic E-state index is -0.372. The van der Waals surface area contributed by atoms with Crippen molar-refractivity contribution in [2.45, 2.75) is 38.9 Å². The van der Waals surface area contributed by atoms with Crippen LogP contribution in [-0.4, -0.2) is 18.3 Å². The first kappa shape index (κ1) is 16.8. The van der Waals surface area contributed by atoms with Crippen molar-refractivity contribution in [3.05, 3.63) is 52.5 Å². The number of halogens is 2. The van der Waals surface area contributed by atoms with Crippen LogP contribution in [0.25, 0.3) is 11.1 Å². The molecule has 2 nitrogen and oxygen atoms in total. The molecule has 5 heteroatoms. The van der Waals surface area contributed by atoms with E-state index in [9.17, 15) is 0 Å². The summed E-state index contributed by atoms with van der Waals surface area (Å²) in [6.07, 6.45) is 0. The standard InChI is InChI=1S/C18H19BCl2O2/c1-17(2)18(3,4)23-19(22-17)14-7-5-6-12(10-14)13-8-9-15(20)16(21)11-13/h5-11H,1-4H3. The summed E-state index contributed by atoms with van der Waals surface area (Å²) in [7, 11) is -0.372. The molecule has 3 rings (SSSR count). The largest absolute Gasteiger partial charge is 0.494 e. The van der Waals surface area contributed by atoms with Crippen LogP contribution < -0.4 is 5.46 Å². The number of hydrogen-bond acceptors (Lipinski definition) is 2. The summed E-state index contributed by atoms with van der Waals surface area (Å²) in [6.45, 7) is 8.21. The van der Waals surface area contributed by atoms with Crippen molar-refractivity contribution < 1.29 is 9.31 Å². The van der Waals surface area contributed by atoms with Crippen LogP contribution in [0.3, 0.4) is 0 Å². The molecule has 1 heterocycles. The molecule has 0 N–H and O–H groups in total. The van der Waals surface area contributed by atoms with Gasteiger partial charge in [0.05, 0.1) is 21.2 Å². The molecule has 2 aromatic carbocycles. The van der Waals surface area contributed by atoms with Crippen LogP contribution in [0.2, 0.25) is 10.0 Å². The summed E-state index contributed by atoms with van der Waals surface area (Å²) in [5.74, 6) is 0. The highest BCUT2D eigenvalue weighted by Crippen LogP contribution is 2.36. The van der Waals surface area contributed by atoms with Crippen LogP contribution in [0, 0.1) is 0 Å². The van der Waals surface area contributed by atoms with E-state index in [0.29, 0.717) is 10.0 Å². The molecule has 0 spiro atoms. The highest BCUT2D eigenvalue weighted by molar-refractivity contribution is 6.62. The van der Waals surface area contributed by atoms with Gasteiger partial charge in [-0.15, -0.1) is 0 Å². The van der Waals surface area contributed by atoms with E-state index in [1.807, 2.05) is 30.3 Å². The Hall–Kier alpha value is -0.995. The Labute approximate surface area is 147 Å². The summed E-state index contributed by atoms with van der Waals surface area (Å²) >= 11 is 12.1. The summed E-state index contributed by atoms with van der Waals surface area (Å²) in [6, 6.07) is 13.8. The maximum absolute atomic E-state index is 6.12. The highest BCUT2D eigenvalue weighted by Gasteiger charge is 2.51. The Bertz CT molecular complexity index is 728. The van der Waals surface area contributed by atoms with Crippen molar-refractivity contribution in [1.82, 2.24) is 0 Å². The first-order valence-corrected chi connectivity index (χ1v) is 8.36. The molecule has 0 amide bonds. The second kappa shape index (κ2) is 5.82. The lowest BCUT2D eigenvalue weighted by molar-refractivity contribution is 0.00578. The molecule has 1 aliphatic heterocycles. The lowest BCUT2D eigenvalue weighted by Gasteiger charge is -2.32. The zero-order valence-electron chi connectivity index (χ0n) is 13.7. The fraction of sp³-hybridized carbons (Fsp3) is 0.333. The Morgan fingerprint density at radius 3 is 2.00 bits per heavy atom. The van der Waals surface area contributed by atoms with Gasteiger partial charge in [0.25, 0.3) is 0 Å². The topological polar surface area (TPSA) is 18.5 Å². The van der Waals surface area contributed by atoms with Crippen molar-refractivity contribution in [2.24, 2.45) is 0 Å². The van der Waals surface area contributed by atoms with E-state index >= 15 is 0 Å². The molecule has 1 fully saturated rings. The SMILES string of the molecule is CC1(C)OB(c2cccc(-c3ccc(Cl)c(Cl)c3)c2)OC1(C)C. The minimum absolute atomic E-state index is 0.350. The van der Waals surface area contributed by atoms with Crippen molar-refractivity contribution in [3.8, 4) is 11.1 Å². The molecule has 0 aromatic heterocycles. The Balaban J connectivity index is 1.93. The van der Waals surface area contributed by atoms with Gasteiger partial charge in [-0.2, -0.15) is 0 Å². The normalized spacial score (nSPS) is 19.1. The van der Waals surface area contributed by atoms with Gasteiger partial charge in [0, 0.05) is 0 Å². The smallest absolute Gasteiger partial charge is 0.399 e. The molecular formula is C18H19BCl2O2. The summed E-state index contributed by atoms with van der Waals surface area (Å²) in [5, 5.41) is 1.10. The van der Waals surface area contributed by atoms with Gasteiger partial charge in [0.15, 0.2) is 0 Å². The first-order chi connectivity index (χ1) is 10.7. The van der Waals surface area contributed by atoms with Gasteiger partial charge in [-0.05, 0) is 56.4 Å². The van der Waals surface area contributed by atoms with Crippen molar-refractivity contribution in [1.29, 1.82) is 0 Å². The van der Waals surface area contributed by atoms with Crippen LogP contribution in [-0.2, 0) is 9.31 Å². The van der Waals surface area contributed by atoms with Gasteiger partial charge < -0.3 is 9.31 Å². The first-order valence-electron chi connectivity index (χ1n) is 7.61. The molecule has 1 saturated heterocycles. The van der Waals surface area contributed by atoms with Crippen LogP contribution in [0.15, 0.2) is 42.5 Å². The van der Waals surface area contributed by atoms with Gasteiger partial charge in [-0.25, -0.2) is 0 Å². The second-order valence-corrected chi connectivity index (χ2v) is 7.66. The molecule has 0 radical (unpaired) electrons. The third-order valence-electron chi connectivity index (χ3n) is 4.66. The maximum Gasteiger partial charge on any atom is 0.494 e. The lowest BCUT2D eigenvalue weighted by atomic mass is 9.78. The number of rotatable bonds is 2. The van der Waals surface area contributed by atoms with E-state index in [4.69, 9.17) is 32.5 Å². The summed E-state index contributed by atoms with van der Waals surface area (Å²) in [5.41, 5.74) is 2.36. The average Bonchev–Trinajstić information content (AvgIpc) is 2.71. The average molecular weight is 349 g/mol. The fourth-order valence-electron chi connectivity index (χ4n) is 2.52. The van der Waals surface area contributed by atoms with Gasteiger partial charge in [0.1, 0.15) is 0 Å². The monoisotopic (exact) mass is 348 g/mol. The van der Waals surface area contributed by atoms with E-state index in [0.717, 1.165) is 16.6 Å². The van der Waals surface area contributed by atoms with E-state index in [1.165, 1.54) is 0 Å². The Morgan fingerprint density at radius 1 is 0.783 bits per heavy atom. The van der Waals surface area contributed by atoms with E-state index in [1.54, 1.807) is 6.07 Å². The second-order valence-electron chi connectivity index (χ2n) is 6.84. The van der Waals surface area contributed by atoms with Crippen LogP contribution in [0.5, 0.6) is 0 Å². The third kappa shape index (κ3) is 3.16. The molecule has 0 saturated carbocycles. The molecule has 0 unspecified atom stereocenters. The molecule has 23 heavy (non-hydrogen) atoms. The van der Waals surface area contributed by atoms with E-state index in [-0.39, 0.29) is 18.3 Å². The van der Waals surface area contributed by atoms with Crippen molar-refractivity contribution >= 4 is 35.8 Å². The van der Waals surface area contributed by atoms with Crippen LogP contribution in [0.1, 0.15) is 27.7 Å². The zero-order chi connectivity index (χ0) is 16.8. The zero-order valence-corrected chi connectivity index (χ0v) is 15.2. The highest BCUT2D eigenvalue weighted by atomic mass is 35.5. The van der Waals surface area contributed by atoms with Crippen molar-refractivity contribution in [2.75, 3.05) is 0 Å². The fourth-order valence-corrected chi connectivity index (χ4v) is 2.82. The molecule has 2 aromatic rings. The molecule has 1 aliphatic rings. The minimum Gasteiger partial charge on any atom is -0.399 e. The van der Waals surface area contributed by atoms with Gasteiger partial charge in [0.2, 0.25) is 0 Å². The molecular weight excluding hydrogens is 330 g/mol. The lowest BCUT2D eigenvalue weighted by Crippen LogP contribution is -2.41. The number of hydrogen-bond donors (Lipinski definition) is 0. The maximum atomic E-state index is 6.12. The van der Waals surface area contributed by atoms with Crippen molar-refractivity contribution in [3.63, 3.8) is 0 Å². The van der Waals surface area contributed by atoms with Gasteiger partial charge in [-0.3, -0.25) is 0 Å². The number of benzene rings is 2. The predicted molar refractivity (Wildman–Crippen MR) is 97.6 cm³/mol. The summed E-state index contributed by atoms with van der Waals surface area (Å²) < 4.78 is 12.2. The third-order valence-corrected chi connectivity index (χ3v) is 5.40. The van der Waals surface area contributed by atoms with E-state index in [2.05, 4.69) is 33.8 Å². The van der Waals surface area contributed by atoms with Gasteiger partial charge in [-0.1, -0.05) is 53.5 Å². The quantitative estimate of drug-likeness (QED) is 0.714. The predicted octanol–water partition coefficient (Wildman–Crippen LogP) is 4.96. The van der Waals surface area contributed by atoms with Crippen LogP contribution >= 0.6 is 23.2 Å². The summed E-state index contributed by atoms with van der Waals surface area (Å²) in [4.78, 5) is 0. The molecule has 120 valence electrons. The van der Waals surface area contributed by atoms with E-state index < -0.39 is 0 Å². The Morgan fingerprint density at radius 2 is 1.39 bits per heavy atom. The van der Waals surface area contributed by atoms with Gasteiger partial charge >= 0.3 is 7.12 Å². The van der Waals surface area contributed by atoms with Crippen LogP contribution in [0.4, 0.5) is 0 Å². The Kier molecular flexibility index (Phi) is 4.26. The molecule has 0 aliphatic carbocycles.